The third-order valence-electron chi connectivity index (χ3n) is 5.33. The summed E-state index contributed by atoms with van der Waals surface area (Å²) in [6.45, 7) is 6.00. The number of hydrogen-bond donors (Lipinski definition) is 2. The molecule has 1 saturated carbocycles. The molecular weight excluding hydrogens is 240 g/mol. The Morgan fingerprint density at radius 3 is 2.32 bits per heavy atom. The Morgan fingerprint density at radius 1 is 1.26 bits per heavy atom. The van der Waals surface area contributed by atoms with Gasteiger partial charge in [-0.2, -0.15) is 0 Å². The lowest BCUT2D eigenvalue weighted by atomic mass is 9.65. The maximum Gasteiger partial charge on any atom is 0.309 e. The second-order valence-electron chi connectivity index (χ2n) is 6.47. The normalized spacial score (nSPS) is 29.3. The maximum atomic E-state index is 11.5. The van der Waals surface area contributed by atoms with Gasteiger partial charge >= 0.3 is 5.97 Å². The summed E-state index contributed by atoms with van der Waals surface area (Å²) < 4.78 is 0. The molecule has 0 saturated heterocycles. The largest absolute Gasteiger partial charge is 0.508 e. The fraction of sp³-hybridized carbons (Fsp3) is 0.562. The highest BCUT2D eigenvalue weighted by Crippen LogP contribution is 2.56. The zero-order chi connectivity index (χ0) is 14.3. The van der Waals surface area contributed by atoms with Crippen LogP contribution in [0, 0.1) is 16.7 Å². The average molecular weight is 262 g/mol. The number of carbonyl (C=O) groups is 1. The van der Waals surface area contributed by atoms with E-state index in [1.807, 2.05) is 19.1 Å². The van der Waals surface area contributed by atoms with Crippen LogP contribution in [0.5, 0.6) is 5.75 Å². The lowest BCUT2D eigenvalue weighted by molar-refractivity contribution is -0.154. The topological polar surface area (TPSA) is 57.5 Å². The van der Waals surface area contributed by atoms with E-state index in [4.69, 9.17) is 0 Å². The van der Waals surface area contributed by atoms with Crippen molar-refractivity contribution in [2.75, 3.05) is 0 Å². The predicted octanol–water partition coefficient (Wildman–Crippen LogP) is 3.46. The molecule has 19 heavy (non-hydrogen) atoms. The first-order valence-corrected chi connectivity index (χ1v) is 6.78. The SMILES string of the molecule is CC1(C)[C@H](Cc2ccc(O)cc2)CC[C@]1(C)C(=O)O. The van der Waals surface area contributed by atoms with Crippen LogP contribution in [0.15, 0.2) is 24.3 Å². The Hall–Kier alpha value is -1.51. The predicted molar refractivity (Wildman–Crippen MR) is 74.1 cm³/mol. The molecule has 0 aromatic heterocycles. The lowest BCUT2D eigenvalue weighted by Gasteiger charge is -2.38. The van der Waals surface area contributed by atoms with Gasteiger partial charge in [-0.25, -0.2) is 0 Å². The smallest absolute Gasteiger partial charge is 0.309 e. The fourth-order valence-corrected chi connectivity index (χ4v) is 3.25. The Bertz CT molecular complexity index is 475. The van der Waals surface area contributed by atoms with Gasteiger partial charge in [0.1, 0.15) is 5.75 Å². The van der Waals surface area contributed by atoms with E-state index in [-0.39, 0.29) is 11.2 Å². The van der Waals surface area contributed by atoms with Crippen molar-refractivity contribution in [1.82, 2.24) is 0 Å². The minimum absolute atomic E-state index is 0.225. The van der Waals surface area contributed by atoms with Gasteiger partial charge in [0.2, 0.25) is 0 Å². The van der Waals surface area contributed by atoms with E-state index in [0.29, 0.717) is 5.92 Å². The summed E-state index contributed by atoms with van der Waals surface area (Å²) in [5, 5.41) is 18.8. The maximum absolute atomic E-state index is 11.5. The Morgan fingerprint density at radius 2 is 1.84 bits per heavy atom. The number of rotatable bonds is 3. The monoisotopic (exact) mass is 262 g/mol. The number of phenolic OH excluding ortho intramolecular Hbond substituents is 1. The highest BCUT2D eigenvalue weighted by Gasteiger charge is 2.55. The van der Waals surface area contributed by atoms with Crippen LogP contribution in [0.25, 0.3) is 0 Å². The lowest BCUT2D eigenvalue weighted by Crippen LogP contribution is -2.41. The summed E-state index contributed by atoms with van der Waals surface area (Å²) in [7, 11) is 0. The van der Waals surface area contributed by atoms with Gasteiger partial charge in [-0.05, 0) is 55.2 Å². The molecule has 0 heterocycles. The van der Waals surface area contributed by atoms with Gasteiger partial charge in [-0.15, -0.1) is 0 Å². The van der Waals surface area contributed by atoms with Crippen LogP contribution in [0.1, 0.15) is 39.2 Å². The average Bonchev–Trinajstić information content (AvgIpc) is 2.57. The van der Waals surface area contributed by atoms with E-state index in [0.717, 1.165) is 24.8 Å². The van der Waals surface area contributed by atoms with E-state index >= 15 is 0 Å². The van der Waals surface area contributed by atoms with E-state index < -0.39 is 11.4 Å². The van der Waals surface area contributed by atoms with Crippen LogP contribution in [-0.2, 0) is 11.2 Å². The zero-order valence-electron chi connectivity index (χ0n) is 11.8. The van der Waals surface area contributed by atoms with Gasteiger partial charge in [0.15, 0.2) is 0 Å². The van der Waals surface area contributed by atoms with Crippen molar-refractivity contribution in [3.05, 3.63) is 29.8 Å². The van der Waals surface area contributed by atoms with E-state index in [9.17, 15) is 15.0 Å². The van der Waals surface area contributed by atoms with Crippen LogP contribution >= 0.6 is 0 Å². The second kappa shape index (κ2) is 4.55. The molecular formula is C16H22O3. The van der Waals surface area contributed by atoms with Crippen molar-refractivity contribution in [3.8, 4) is 5.75 Å². The van der Waals surface area contributed by atoms with Gasteiger partial charge in [-0.3, -0.25) is 4.79 Å². The number of carboxylic acids is 1. The fourth-order valence-electron chi connectivity index (χ4n) is 3.25. The molecule has 1 aliphatic carbocycles. The molecule has 1 aliphatic rings. The molecule has 104 valence electrons. The molecule has 3 heteroatoms. The molecule has 0 spiro atoms. The quantitative estimate of drug-likeness (QED) is 0.877. The van der Waals surface area contributed by atoms with Crippen LogP contribution < -0.4 is 0 Å². The van der Waals surface area contributed by atoms with Gasteiger partial charge in [0.25, 0.3) is 0 Å². The second-order valence-corrected chi connectivity index (χ2v) is 6.47. The highest BCUT2D eigenvalue weighted by atomic mass is 16.4. The molecule has 1 aromatic carbocycles. The third-order valence-corrected chi connectivity index (χ3v) is 5.33. The number of benzene rings is 1. The molecule has 2 rings (SSSR count). The summed E-state index contributed by atoms with van der Waals surface area (Å²) in [5.41, 5.74) is 0.288. The van der Waals surface area contributed by atoms with Crippen LogP contribution in [-0.4, -0.2) is 16.2 Å². The van der Waals surface area contributed by atoms with Crippen molar-refractivity contribution >= 4 is 5.97 Å². The van der Waals surface area contributed by atoms with E-state index in [2.05, 4.69) is 13.8 Å². The number of carboxylic acid groups (broad SMARTS) is 1. The first-order valence-electron chi connectivity index (χ1n) is 6.78. The summed E-state index contributed by atoms with van der Waals surface area (Å²) >= 11 is 0. The summed E-state index contributed by atoms with van der Waals surface area (Å²) in [4.78, 5) is 11.5. The van der Waals surface area contributed by atoms with E-state index in [1.54, 1.807) is 12.1 Å². The first kappa shape index (κ1) is 13.9. The van der Waals surface area contributed by atoms with Gasteiger partial charge in [-0.1, -0.05) is 26.0 Å². The molecule has 0 amide bonds. The van der Waals surface area contributed by atoms with Crippen molar-refractivity contribution in [1.29, 1.82) is 0 Å². The molecule has 1 fully saturated rings. The van der Waals surface area contributed by atoms with Crippen LogP contribution in [0.2, 0.25) is 0 Å². The number of hydrogen-bond acceptors (Lipinski definition) is 2. The number of phenols is 1. The molecule has 0 radical (unpaired) electrons. The molecule has 2 atom stereocenters. The standard InChI is InChI=1S/C16H22O3/c1-15(2)12(8-9-16(15,3)14(18)19)10-11-4-6-13(17)7-5-11/h4-7,12,17H,8-10H2,1-3H3,(H,18,19)/t12-,16+/m0/s1. The number of aliphatic carboxylic acids is 1. The summed E-state index contributed by atoms with van der Waals surface area (Å²) in [6.07, 6.45) is 2.55. The molecule has 0 unspecified atom stereocenters. The summed E-state index contributed by atoms with van der Waals surface area (Å²) in [6, 6.07) is 7.21. The van der Waals surface area contributed by atoms with Crippen molar-refractivity contribution in [2.24, 2.45) is 16.7 Å². The zero-order valence-corrected chi connectivity index (χ0v) is 11.8. The minimum Gasteiger partial charge on any atom is -0.508 e. The molecule has 0 bridgehead atoms. The Balaban J connectivity index is 2.19. The molecule has 1 aromatic rings. The Labute approximate surface area is 114 Å². The van der Waals surface area contributed by atoms with Crippen LogP contribution in [0.4, 0.5) is 0 Å². The molecule has 3 nitrogen and oxygen atoms in total. The van der Waals surface area contributed by atoms with Gasteiger partial charge in [0.05, 0.1) is 5.41 Å². The summed E-state index contributed by atoms with van der Waals surface area (Å²) in [5.74, 6) is -0.0614. The minimum atomic E-state index is -0.689. The Kier molecular flexibility index (Phi) is 3.33. The van der Waals surface area contributed by atoms with Crippen LogP contribution in [0.3, 0.4) is 0 Å². The van der Waals surface area contributed by atoms with Gasteiger partial charge in [0, 0.05) is 0 Å². The third kappa shape index (κ3) is 2.22. The van der Waals surface area contributed by atoms with Crippen molar-refractivity contribution in [2.45, 2.75) is 40.0 Å². The molecule has 2 N–H and O–H groups in total. The first-order chi connectivity index (χ1) is 8.77. The van der Waals surface area contributed by atoms with Crippen molar-refractivity contribution < 1.29 is 15.0 Å². The highest BCUT2D eigenvalue weighted by molar-refractivity contribution is 5.75. The molecule has 0 aliphatic heterocycles. The van der Waals surface area contributed by atoms with Gasteiger partial charge < -0.3 is 10.2 Å². The van der Waals surface area contributed by atoms with E-state index in [1.165, 1.54) is 0 Å². The number of aromatic hydroxyl groups is 1. The van der Waals surface area contributed by atoms with Crippen molar-refractivity contribution in [3.63, 3.8) is 0 Å².